The van der Waals surface area contributed by atoms with E-state index in [-0.39, 0.29) is 13.0 Å². The van der Waals surface area contributed by atoms with Crippen LogP contribution < -0.4 is 5.32 Å². The Bertz CT molecular complexity index is 633. The molecule has 2 fully saturated rings. The largest absolute Gasteiger partial charge is 0.356 e. The maximum Gasteiger partial charge on any atom is 0.266 e. The fourth-order valence-electron chi connectivity index (χ4n) is 3.41. The monoisotopic (exact) mass is 326 g/mol. The Balaban J connectivity index is 1.76. The molecule has 2 aliphatic heterocycles. The van der Waals surface area contributed by atoms with Crippen molar-refractivity contribution >= 4 is 11.8 Å². The van der Waals surface area contributed by atoms with Crippen LogP contribution >= 0.6 is 0 Å². The Kier molecular flexibility index (Phi) is 3.82. The van der Waals surface area contributed by atoms with E-state index in [0.29, 0.717) is 18.5 Å². The molecule has 2 saturated heterocycles. The fourth-order valence-corrected chi connectivity index (χ4v) is 3.41. The molecule has 0 radical (unpaired) electrons. The molecule has 2 aliphatic rings. The van der Waals surface area contributed by atoms with Crippen LogP contribution in [0.1, 0.15) is 18.4 Å². The molecule has 1 N–H and O–H groups in total. The molecule has 7 heteroatoms. The number of nitrogens with one attached hydrogen (secondary N) is 1. The van der Waals surface area contributed by atoms with Crippen molar-refractivity contribution in [3.8, 4) is 0 Å². The lowest BCUT2D eigenvalue weighted by Gasteiger charge is -2.42. The van der Waals surface area contributed by atoms with Gasteiger partial charge in [0.1, 0.15) is 5.82 Å². The summed E-state index contributed by atoms with van der Waals surface area (Å²) in [7, 11) is 0. The van der Waals surface area contributed by atoms with Crippen molar-refractivity contribution in [2.45, 2.75) is 25.2 Å². The minimum absolute atomic E-state index is 0.00838. The highest BCUT2D eigenvalue weighted by Gasteiger charge is 2.55. The second-order valence-electron chi connectivity index (χ2n) is 6.37. The number of carbonyl (C=O) groups is 2. The van der Waals surface area contributed by atoms with Crippen LogP contribution in [0.4, 0.5) is 13.2 Å². The smallest absolute Gasteiger partial charge is 0.266 e. The maximum atomic E-state index is 14.1. The predicted octanol–water partition coefficient (Wildman–Crippen LogP) is 1.74. The van der Waals surface area contributed by atoms with Gasteiger partial charge in [-0.3, -0.25) is 9.59 Å². The van der Waals surface area contributed by atoms with Crippen LogP contribution in [-0.4, -0.2) is 42.3 Å². The summed E-state index contributed by atoms with van der Waals surface area (Å²) in [5.74, 6) is -4.39. The number of hydrogen-bond donors (Lipinski definition) is 1. The lowest BCUT2D eigenvalue weighted by molar-refractivity contribution is -0.159. The molecule has 2 amide bonds. The molecular weight excluding hydrogens is 309 g/mol. The molecule has 0 unspecified atom stereocenters. The Morgan fingerprint density at radius 2 is 1.91 bits per heavy atom. The molecule has 1 atom stereocenters. The number of alkyl halides is 2. The highest BCUT2D eigenvalue weighted by molar-refractivity contribution is 5.87. The summed E-state index contributed by atoms with van der Waals surface area (Å²) in [5.41, 5.74) is -0.643. The van der Waals surface area contributed by atoms with Crippen molar-refractivity contribution in [1.82, 2.24) is 10.2 Å². The zero-order valence-electron chi connectivity index (χ0n) is 12.4. The first-order valence-corrected chi connectivity index (χ1v) is 7.48. The molecule has 1 aromatic rings. The molecule has 124 valence electrons. The Hall–Kier alpha value is -2.05. The van der Waals surface area contributed by atoms with E-state index in [9.17, 15) is 22.8 Å². The quantitative estimate of drug-likeness (QED) is 0.900. The molecule has 1 spiro atoms. The number of halogens is 3. The average Bonchev–Trinajstić information content (AvgIpc) is 2.80. The van der Waals surface area contributed by atoms with E-state index < -0.39 is 41.9 Å². The van der Waals surface area contributed by atoms with Crippen LogP contribution in [0.25, 0.3) is 0 Å². The Morgan fingerprint density at radius 1 is 1.22 bits per heavy atom. The number of rotatable bonds is 2. The minimum atomic E-state index is -3.08. The van der Waals surface area contributed by atoms with Gasteiger partial charge in [0.25, 0.3) is 5.92 Å². The van der Waals surface area contributed by atoms with Gasteiger partial charge in [-0.15, -0.1) is 0 Å². The van der Waals surface area contributed by atoms with Gasteiger partial charge < -0.3 is 10.2 Å². The van der Waals surface area contributed by atoms with Crippen LogP contribution in [0.3, 0.4) is 0 Å². The molecular formula is C16H17F3N2O2. The first-order chi connectivity index (χ1) is 10.8. The van der Waals surface area contributed by atoms with Gasteiger partial charge in [0.2, 0.25) is 11.8 Å². The van der Waals surface area contributed by atoms with Crippen LogP contribution in [0.2, 0.25) is 0 Å². The predicted molar refractivity (Wildman–Crippen MR) is 76.3 cm³/mol. The van der Waals surface area contributed by atoms with Crippen LogP contribution in [0, 0.1) is 11.2 Å². The molecule has 0 aromatic heterocycles. The van der Waals surface area contributed by atoms with Crippen LogP contribution in [0.15, 0.2) is 24.3 Å². The second-order valence-corrected chi connectivity index (χ2v) is 6.37. The third kappa shape index (κ3) is 3.18. The van der Waals surface area contributed by atoms with Gasteiger partial charge in [-0.25, -0.2) is 13.2 Å². The van der Waals surface area contributed by atoms with E-state index in [0.717, 1.165) is 4.90 Å². The van der Waals surface area contributed by atoms with Crippen LogP contribution in [0.5, 0.6) is 0 Å². The SMILES string of the molecule is O=C(Cc1ccc(F)cc1)N1CC(F)(F)C[C@@]2(CCNC2=O)C1. The highest BCUT2D eigenvalue weighted by Crippen LogP contribution is 2.43. The number of amides is 2. The van der Waals surface area contributed by atoms with Gasteiger partial charge in [-0.05, 0) is 24.1 Å². The maximum absolute atomic E-state index is 14.1. The van der Waals surface area contributed by atoms with Crippen LogP contribution in [-0.2, 0) is 16.0 Å². The van der Waals surface area contributed by atoms with Crippen molar-refractivity contribution in [3.05, 3.63) is 35.6 Å². The average molecular weight is 326 g/mol. The van der Waals surface area contributed by atoms with E-state index in [1.165, 1.54) is 24.3 Å². The summed E-state index contributed by atoms with van der Waals surface area (Å²) in [6.07, 6.45) is -0.304. The summed E-state index contributed by atoms with van der Waals surface area (Å²) < 4.78 is 41.0. The van der Waals surface area contributed by atoms with Gasteiger partial charge in [0.15, 0.2) is 0 Å². The Labute approximate surface area is 131 Å². The number of benzene rings is 1. The van der Waals surface area contributed by atoms with E-state index >= 15 is 0 Å². The third-order valence-electron chi connectivity index (χ3n) is 4.50. The third-order valence-corrected chi connectivity index (χ3v) is 4.50. The number of hydrogen-bond acceptors (Lipinski definition) is 2. The summed E-state index contributed by atoms with van der Waals surface area (Å²) in [6.45, 7) is -0.314. The standard InChI is InChI=1S/C16H17F3N2O2/c17-12-3-1-11(2-4-12)7-13(22)21-9-15(5-6-20-14(15)23)8-16(18,19)10-21/h1-4H,5-10H2,(H,20,23)/t15-/m0/s1. The summed E-state index contributed by atoms with van der Waals surface area (Å²) in [6, 6.07) is 5.35. The lowest BCUT2D eigenvalue weighted by Crippen LogP contribution is -2.57. The number of carbonyl (C=O) groups excluding carboxylic acids is 2. The zero-order chi connectivity index (χ0) is 16.7. The fraction of sp³-hybridized carbons (Fsp3) is 0.500. The van der Waals surface area contributed by atoms with Crippen molar-refractivity contribution < 1.29 is 22.8 Å². The molecule has 2 heterocycles. The van der Waals surface area contributed by atoms with Crippen molar-refractivity contribution in [2.24, 2.45) is 5.41 Å². The van der Waals surface area contributed by atoms with E-state index in [1.807, 2.05) is 0 Å². The first kappa shape index (κ1) is 15.8. The Morgan fingerprint density at radius 3 is 2.52 bits per heavy atom. The highest BCUT2D eigenvalue weighted by atomic mass is 19.3. The molecule has 0 saturated carbocycles. The van der Waals surface area contributed by atoms with Gasteiger partial charge in [0, 0.05) is 19.5 Å². The van der Waals surface area contributed by atoms with Gasteiger partial charge in [-0.2, -0.15) is 0 Å². The molecule has 0 bridgehead atoms. The summed E-state index contributed by atoms with van der Waals surface area (Å²) >= 11 is 0. The normalized spacial score (nSPS) is 26.4. The molecule has 3 rings (SSSR count). The first-order valence-electron chi connectivity index (χ1n) is 7.48. The lowest BCUT2D eigenvalue weighted by atomic mass is 9.77. The van der Waals surface area contributed by atoms with Crippen molar-refractivity contribution in [2.75, 3.05) is 19.6 Å². The van der Waals surface area contributed by atoms with Crippen molar-refractivity contribution in [1.29, 1.82) is 0 Å². The summed E-state index contributed by atoms with van der Waals surface area (Å²) in [5, 5.41) is 2.58. The van der Waals surface area contributed by atoms with E-state index in [4.69, 9.17) is 0 Å². The molecule has 0 aliphatic carbocycles. The van der Waals surface area contributed by atoms with Gasteiger partial charge in [-0.1, -0.05) is 12.1 Å². The number of nitrogens with zero attached hydrogens (tertiary/aromatic N) is 1. The molecule has 23 heavy (non-hydrogen) atoms. The minimum Gasteiger partial charge on any atom is -0.356 e. The second kappa shape index (κ2) is 5.54. The van der Waals surface area contributed by atoms with E-state index in [1.54, 1.807) is 0 Å². The summed E-state index contributed by atoms with van der Waals surface area (Å²) in [4.78, 5) is 25.4. The van der Waals surface area contributed by atoms with Gasteiger partial charge >= 0.3 is 0 Å². The number of likely N-dealkylation sites (tertiary alicyclic amines) is 1. The van der Waals surface area contributed by atoms with E-state index in [2.05, 4.69) is 5.32 Å². The van der Waals surface area contributed by atoms with Gasteiger partial charge in [0.05, 0.1) is 18.4 Å². The zero-order valence-corrected chi connectivity index (χ0v) is 12.4. The topological polar surface area (TPSA) is 49.4 Å². The van der Waals surface area contributed by atoms with Crippen molar-refractivity contribution in [3.63, 3.8) is 0 Å². The number of piperidine rings is 1. The molecule has 1 aromatic carbocycles. The molecule has 4 nitrogen and oxygen atoms in total.